The minimum Gasteiger partial charge on any atom is -0.463 e. The second-order valence-electron chi connectivity index (χ2n) is 12.2. The molecule has 0 aliphatic carbocycles. The largest absolute Gasteiger partial charge is 0.463 e. The summed E-state index contributed by atoms with van der Waals surface area (Å²) < 4.78 is 5.68. The summed E-state index contributed by atoms with van der Waals surface area (Å²) in [6, 6.07) is 30.3. The summed E-state index contributed by atoms with van der Waals surface area (Å²) in [6.45, 7) is 6.81. The van der Waals surface area contributed by atoms with Gasteiger partial charge in [0.15, 0.2) is 0 Å². The molecule has 4 aromatic carbocycles. The maximum absolute atomic E-state index is 13.7. The first-order valence-electron chi connectivity index (χ1n) is 16.8. The summed E-state index contributed by atoms with van der Waals surface area (Å²) in [5.41, 5.74) is 2.40. The van der Waals surface area contributed by atoms with Crippen LogP contribution in [0.5, 0.6) is 0 Å². The van der Waals surface area contributed by atoms with E-state index in [1.807, 2.05) is 97.1 Å². The van der Waals surface area contributed by atoms with Gasteiger partial charge < -0.3 is 25.8 Å². The number of fused-ring (bicyclic) bond motifs is 1. The topological polar surface area (TPSA) is 134 Å². The molecule has 0 spiro atoms. The molecule has 0 aromatic heterocycles. The molecule has 0 fully saturated rings. The lowest BCUT2D eigenvalue weighted by Crippen LogP contribution is -2.50. The SMILES string of the molecule is C=CC[C@@H](CC(=O)N[C@H](CO)Cc1ccccc1)C(=O)N[C@@H](COC(=O)[C@@H](CC=C)Cc1ccccc1)C(=O)Nc1ccc2ccccc2c1. The summed E-state index contributed by atoms with van der Waals surface area (Å²) >= 11 is 0. The number of benzene rings is 4. The number of ether oxygens (including phenoxy) is 1. The summed E-state index contributed by atoms with van der Waals surface area (Å²) in [5, 5.41) is 20.2. The number of amides is 3. The first kappa shape index (κ1) is 37.3. The van der Waals surface area contributed by atoms with Gasteiger partial charge in [-0.25, -0.2) is 0 Å². The molecule has 260 valence electrons. The molecule has 0 radical (unpaired) electrons. The molecule has 0 saturated carbocycles. The Labute approximate surface area is 293 Å². The molecule has 9 nitrogen and oxygen atoms in total. The molecule has 9 heteroatoms. The van der Waals surface area contributed by atoms with Crippen molar-refractivity contribution < 1.29 is 29.0 Å². The molecule has 4 rings (SSSR count). The Bertz CT molecular complexity index is 1740. The van der Waals surface area contributed by atoms with Gasteiger partial charge in [-0.05, 0) is 59.7 Å². The fourth-order valence-electron chi connectivity index (χ4n) is 5.67. The van der Waals surface area contributed by atoms with Crippen LogP contribution in [0.25, 0.3) is 10.8 Å². The van der Waals surface area contributed by atoms with Gasteiger partial charge in [-0.2, -0.15) is 0 Å². The van der Waals surface area contributed by atoms with Crippen LogP contribution >= 0.6 is 0 Å². The molecule has 0 unspecified atom stereocenters. The van der Waals surface area contributed by atoms with Gasteiger partial charge in [-0.1, -0.05) is 103 Å². The lowest BCUT2D eigenvalue weighted by Gasteiger charge is -2.23. The zero-order chi connectivity index (χ0) is 35.7. The van der Waals surface area contributed by atoms with E-state index in [2.05, 4.69) is 29.1 Å². The third-order valence-electron chi connectivity index (χ3n) is 8.32. The van der Waals surface area contributed by atoms with Crippen LogP contribution in [-0.2, 0) is 36.8 Å². The lowest BCUT2D eigenvalue weighted by atomic mass is 9.96. The number of allylic oxidation sites excluding steroid dienone is 2. The average Bonchev–Trinajstić information content (AvgIpc) is 3.13. The van der Waals surface area contributed by atoms with E-state index in [9.17, 15) is 24.3 Å². The number of hydrogen-bond acceptors (Lipinski definition) is 6. The van der Waals surface area contributed by atoms with Crippen LogP contribution in [0.4, 0.5) is 5.69 Å². The second kappa shape index (κ2) is 19.5. The molecule has 4 aromatic rings. The van der Waals surface area contributed by atoms with Crippen molar-refractivity contribution in [3.05, 3.63) is 140 Å². The van der Waals surface area contributed by atoms with Crippen molar-refractivity contribution in [2.45, 2.75) is 44.2 Å². The zero-order valence-corrected chi connectivity index (χ0v) is 28.1. The predicted octanol–water partition coefficient (Wildman–Crippen LogP) is 5.54. The lowest BCUT2D eigenvalue weighted by molar-refractivity contribution is -0.150. The number of rotatable bonds is 19. The van der Waals surface area contributed by atoms with Gasteiger partial charge in [0.2, 0.25) is 11.8 Å². The van der Waals surface area contributed by atoms with Crippen molar-refractivity contribution in [3.8, 4) is 0 Å². The number of hydrogen-bond donors (Lipinski definition) is 4. The van der Waals surface area contributed by atoms with Gasteiger partial charge in [0.25, 0.3) is 5.91 Å². The number of aliphatic hydroxyl groups is 1. The highest BCUT2D eigenvalue weighted by atomic mass is 16.5. The summed E-state index contributed by atoms with van der Waals surface area (Å²) in [6.07, 6.45) is 4.32. The Morgan fingerprint density at radius 2 is 1.30 bits per heavy atom. The van der Waals surface area contributed by atoms with Crippen molar-refractivity contribution in [2.24, 2.45) is 11.8 Å². The maximum Gasteiger partial charge on any atom is 0.309 e. The molecule has 4 N–H and O–H groups in total. The molecule has 0 heterocycles. The quantitative estimate of drug-likeness (QED) is 0.0762. The molecule has 0 aliphatic rings. The van der Waals surface area contributed by atoms with Crippen molar-refractivity contribution >= 4 is 40.2 Å². The minimum atomic E-state index is -1.27. The Balaban J connectivity index is 1.47. The fourth-order valence-corrected chi connectivity index (χ4v) is 5.67. The van der Waals surface area contributed by atoms with E-state index in [0.29, 0.717) is 24.9 Å². The van der Waals surface area contributed by atoms with Gasteiger partial charge >= 0.3 is 5.97 Å². The van der Waals surface area contributed by atoms with Crippen LogP contribution < -0.4 is 16.0 Å². The highest BCUT2D eigenvalue weighted by Gasteiger charge is 2.30. The van der Waals surface area contributed by atoms with E-state index in [1.165, 1.54) is 6.08 Å². The van der Waals surface area contributed by atoms with Crippen LogP contribution in [-0.4, -0.2) is 54.1 Å². The molecular formula is C41H45N3O6. The molecule has 3 amide bonds. The van der Waals surface area contributed by atoms with E-state index >= 15 is 0 Å². The monoisotopic (exact) mass is 675 g/mol. The normalized spacial score (nSPS) is 13.2. The Hall–Kier alpha value is -5.54. The maximum atomic E-state index is 13.7. The van der Waals surface area contributed by atoms with Crippen LogP contribution in [0.1, 0.15) is 30.4 Å². The number of carbonyl (C=O) groups is 4. The van der Waals surface area contributed by atoms with Gasteiger partial charge in [-0.3, -0.25) is 19.2 Å². The average molecular weight is 676 g/mol. The highest BCUT2D eigenvalue weighted by molar-refractivity contribution is 5.99. The van der Waals surface area contributed by atoms with Crippen molar-refractivity contribution in [2.75, 3.05) is 18.5 Å². The molecule has 50 heavy (non-hydrogen) atoms. The Morgan fingerprint density at radius 3 is 1.94 bits per heavy atom. The third-order valence-corrected chi connectivity index (χ3v) is 8.32. The number of aliphatic hydroxyl groups excluding tert-OH is 1. The number of nitrogens with one attached hydrogen (secondary N) is 3. The molecular weight excluding hydrogens is 630 g/mol. The second-order valence-corrected chi connectivity index (χ2v) is 12.2. The Kier molecular flexibility index (Phi) is 14.5. The van der Waals surface area contributed by atoms with Crippen molar-refractivity contribution in [1.29, 1.82) is 0 Å². The predicted molar refractivity (Wildman–Crippen MR) is 196 cm³/mol. The number of carbonyl (C=O) groups excluding carboxylic acids is 4. The van der Waals surface area contributed by atoms with Crippen LogP contribution in [0.15, 0.2) is 128 Å². The fraction of sp³-hybridized carbons (Fsp3) is 0.268. The van der Waals surface area contributed by atoms with Gasteiger partial charge in [0, 0.05) is 12.1 Å². The van der Waals surface area contributed by atoms with Crippen LogP contribution in [0.2, 0.25) is 0 Å². The van der Waals surface area contributed by atoms with E-state index in [1.54, 1.807) is 12.1 Å². The molecule has 4 atom stereocenters. The van der Waals surface area contributed by atoms with E-state index in [4.69, 9.17) is 4.74 Å². The number of anilines is 1. The van der Waals surface area contributed by atoms with E-state index in [0.717, 1.165) is 21.9 Å². The van der Waals surface area contributed by atoms with Gasteiger partial charge in [-0.15, -0.1) is 13.2 Å². The highest BCUT2D eigenvalue weighted by Crippen LogP contribution is 2.20. The number of esters is 1. The smallest absolute Gasteiger partial charge is 0.309 e. The van der Waals surface area contributed by atoms with Crippen LogP contribution in [0, 0.1) is 11.8 Å². The minimum absolute atomic E-state index is 0.152. The van der Waals surface area contributed by atoms with Crippen molar-refractivity contribution in [1.82, 2.24) is 10.6 Å². The molecule has 0 bridgehead atoms. The van der Waals surface area contributed by atoms with Gasteiger partial charge in [0.05, 0.1) is 24.5 Å². The summed E-state index contributed by atoms with van der Waals surface area (Å²) in [7, 11) is 0. The molecule has 0 saturated heterocycles. The first-order valence-corrected chi connectivity index (χ1v) is 16.8. The van der Waals surface area contributed by atoms with E-state index < -0.39 is 54.2 Å². The van der Waals surface area contributed by atoms with E-state index in [-0.39, 0.29) is 19.4 Å². The molecule has 0 aliphatic heterocycles. The standard InChI is InChI=1S/C41H45N3O6/c1-3-13-33(26-38(46)42-36(27-45)24-30-17-9-6-10-18-30)39(47)44-37(40(48)43-35-22-21-31-19-11-12-20-32(31)25-35)28-50-41(49)34(14-4-2)23-29-15-7-5-8-16-29/h3-12,15-22,25,33-34,36-37,45H,1-2,13-14,23-24,26-28H2,(H,42,46)(H,43,48)(H,44,47)/t33-,34-,36-,37-/m0/s1. The third kappa shape index (κ3) is 11.6. The van der Waals surface area contributed by atoms with Crippen molar-refractivity contribution in [3.63, 3.8) is 0 Å². The van der Waals surface area contributed by atoms with Crippen LogP contribution in [0.3, 0.4) is 0 Å². The summed E-state index contributed by atoms with van der Waals surface area (Å²) in [4.78, 5) is 53.7. The van der Waals surface area contributed by atoms with Gasteiger partial charge in [0.1, 0.15) is 12.6 Å². The summed E-state index contributed by atoms with van der Waals surface area (Å²) in [5.74, 6) is -3.54. The zero-order valence-electron chi connectivity index (χ0n) is 28.1. The first-order chi connectivity index (χ1) is 24.3. The Morgan fingerprint density at radius 1 is 0.700 bits per heavy atom.